The summed E-state index contributed by atoms with van der Waals surface area (Å²) in [6.07, 6.45) is 0.698. The SMILES string of the molecule is CCCCCCOc1ccc(C(F)(F)F)cn1. The fourth-order valence-corrected chi connectivity index (χ4v) is 1.34. The molecular formula is C12H16F3NO. The molecule has 0 aliphatic carbocycles. The first-order valence-electron chi connectivity index (χ1n) is 5.70. The summed E-state index contributed by atoms with van der Waals surface area (Å²) in [5.41, 5.74) is -0.754. The smallest absolute Gasteiger partial charge is 0.417 e. The number of unbranched alkanes of at least 4 members (excludes halogenated alkanes) is 3. The molecule has 17 heavy (non-hydrogen) atoms. The molecule has 5 heteroatoms. The minimum atomic E-state index is -4.34. The van der Waals surface area contributed by atoms with Crippen LogP contribution in [0.25, 0.3) is 0 Å². The molecule has 1 aromatic rings. The summed E-state index contributed by atoms with van der Waals surface area (Å²) < 4.78 is 41.9. The van der Waals surface area contributed by atoms with Gasteiger partial charge in [-0.2, -0.15) is 13.2 Å². The van der Waals surface area contributed by atoms with Gasteiger partial charge in [-0.3, -0.25) is 0 Å². The van der Waals surface area contributed by atoms with Crippen LogP contribution >= 0.6 is 0 Å². The van der Waals surface area contributed by atoms with E-state index in [9.17, 15) is 13.2 Å². The summed E-state index contributed by atoms with van der Waals surface area (Å²) >= 11 is 0. The van der Waals surface area contributed by atoms with Crippen molar-refractivity contribution in [2.75, 3.05) is 6.61 Å². The largest absolute Gasteiger partial charge is 0.478 e. The quantitative estimate of drug-likeness (QED) is 0.707. The van der Waals surface area contributed by atoms with Crippen molar-refractivity contribution in [3.63, 3.8) is 0 Å². The van der Waals surface area contributed by atoms with Gasteiger partial charge in [-0.25, -0.2) is 4.98 Å². The molecule has 0 spiro atoms. The van der Waals surface area contributed by atoms with Gasteiger partial charge in [0.15, 0.2) is 0 Å². The Balaban J connectivity index is 2.36. The van der Waals surface area contributed by atoms with Crippen LogP contribution in [0.15, 0.2) is 18.3 Å². The molecule has 1 heterocycles. The first-order chi connectivity index (χ1) is 8.04. The number of aromatic nitrogens is 1. The molecule has 0 saturated heterocycles. The van der Waals surface area contributed by atoms with Gasteiger partial charge in [0.25, 0.3) is 0 Å². The predicted octanol–water partition coefficient (Wildman–Crippen LogP) is 4.06. The normalized spacial score (nSPS) is 11.5. The average molecular weight is 247 g/mol. The highest BCUT2D eigenvalue weighted by Crippen LogP contribution is 2.29. The molecule has 0 saturated carbocycles. The highest BCUT2D eigenvalue weighted by molar-refractivity contribution is 5.19. The van der Waals surface area contributed by atoms with Gasteiger partial charge in [0.2, 0.25) is 5.88 Å². The van der Waals surface area contributed by atoms with Gasteiger partial charge in [0.1, 0.15) is 0 Å². The second-order valence-electron chi connectivity index (χ2n) is 3.79. The van der Waals surface area contributed by atoms with Crippen molar-refractivity contribution in [1.82, 2.24) is 4.98 Å². The lowest BCUT2D eigenvalue weighted by Gasteiger charge is -2.08. The van der Waals surface area contributed by atoms with Crippen molar-refractivity contribution in [1.29, 1.82) is 0 Å². The van der Waals surface area contributed by atoms with E-state index in [1.807, 2.05) is 0 Å². The molecule has 1 rings (SSSR count). The molecule has 0 aliphatic heterocycles. The van der Waals surface area contributed by atoms with Gasteiger partial charge in [0, 0.05) is 12.3 Å². The Kier molecular flexibility index (Phi) is 5.25. The second kappa shape index (κ2) is 6.47. The number of rotatable bonds is 6. The van der Waals surface area contributed by atoms with Gasteiger partial charge in [-0.1, -0.05) is 26.2 Å². The van der Waals surface area contributed by atoms with Crippen LogP contribution in [0.2, 0.25) is 0 Å². The zero-order chi connectivity index (χ0) is 12.7. The second-order valence-corrected chi connectivity index (χ2v) is 3.79. The van der Waals surface area contributed by atoms with Crippen molar-refractivity contribution >= 4 is 0 Å². The van der Waals surface area contributed by atoms with E-state index < -0.39 is 11.7 Å². The maximum atomic E-state index is 12.2. The molecule has 96 valence electrons. The topological polar surface area (TPSA) is 22.1 Å². The summed E-state index contributed by atoms with van der Waals surface area (Å²) in [6.45, 7) is 2.61. The first-order valence-corrected chi connectivity index (χ1v) is 5.70. The molecule has 0 bridgehead atoms. The van der Waals surface area contributed by atoms with Crippen LogP contribution in [0.5, 0.6) is 5.88 Å². The van der Waals surface area contributed by atoms with Crippen LogP contribution in [-0.2, 0) is 6.18 Å². The highest BCUT2D eigenvalue weighted by atomic mass is 19.4. The van der Waals surface area contributed by atoms with Crippen molar-refractivity contribution in [3.05, 3.63) is 23.9 Å². The van der Waals surface area contributed by atoms with Crippen molar-refractivity contribution in [2.45, 2.75) is 38.8 Å². The number of ether oxygens (including phenoxy) is 1. The van der Waals surface area contributed by atoms with E-state index in [2.05, 4.69) is 11.9 Å². The van der Waals surface area contributed by atoms with E-state index in [-0.39, 0.29) is 5.88 Å². The molecule has 1 aromatic heterocycles. The van der Waals surface area contributed by atoms with Crippen LogP contribution in [0.1, 0.15) is 38.2 Å². The fourth-order valence-electron chi connectivity index (χ4n) is 1.34. The number of nitrogens with zero attached hydrogens (tertiary/aromatic N) is 1. The van der Waals surface area contributed by atoms with E-state index >= 15 is 0 Å². The van der Waals surface area contributed by atoms with E-state index in [1.165, 1.54) is 6.07 Å². The minimum Gasteiger partial charge on any atom is -0.478 e. The Morgan fingerprint density at radius 1 is 1.18 bits per heavy atom. The zero-order valence-corrected chi connectivity index (χ0v) is 9.76. The third-order valence-electron chi connectivity index (χ3n) is 2.31. The summed E-state index contributed by atoms with van der Waals surface area (Å²) in [6, 6.07) is 2.23. The Morgan fingerprint density at radius 2 is 1.94 bits per heavy atom. The maximum Gasteiger partial charge on any atom is 0.417 e. The van der Waals surface area contributed by atoms with Crippen molar-refractivity contribution in [2.24, 2.45) is 0 Å². The number of pyridine rings is 1. The standard InChI is InChI=1S/C12H16F3NO/c1-2-3-4-5-8-17-11-7-6-10(9-16-11)12(13,14)15/h6-7,9H,2-5,8H2,1H3. The first kappa shape index (κ1) is 13.8. The molecule has 2 nitrogen and oxygen atoms in total. The lowest BCUT2D eigenvalue weighted by molar-refractivity contribution is -0.137. The summed E-state index contributed by atoms with van der Waals surface area (Å²) in [4.78, 5) is 3.62. The van der Waals surface area contributed by atoms with Gasteiger partial charge in [-0.15, -0.1) is 0 Å². The lowest BCUT2D eigenvalue weighted by Crippen LogP contribution is -2.06. The van der Waals surface area contributed by atoms with E-state index in [4.69, 9.17) is 4.74 Å². The number of hydrogen-bond donors (Lipinski definition) is 0. The number of alkyl halides is 3. The minimum absolute atomic E-state index is 0.245. The third-order valence-corrected chi connectivity index (χ3v) is 2.31. The monoisotopic (exact) mass is 247 g/mol. The van der Waals surface area contributed by atoms with Crippen molar-refractivity contribution < 1.29 is 17.9 Å². The predicted molar refractivity (Wildman–Crippen MR) is 58.9 cm³/mol. The molecule has 0 aromatic carbocycles. The average Bonchev–Trinajstić information content (AvgIpc) is 2.28. The highest BCUT2D eigenvalue weighted by Gasteiger charge is 2.30. The summed E-state index contributed by atoms with van der Waals surface area (Å²) in [7, 11) is 0. The Bertz CT molecular complexity index is 322. The van der Waals surface area contributed by atoms with Gasteiger partial charge >= 0.3 is 6.18 Å². The molecular weight excluding hydrogens is 231 g/mol. The molecule has 0 N–H and O–H groups in total. The number of hydrogen-bond acceptors (Lipinski definition) is 2. The van der Waals surface area contributed by atoms with Gasteiger partial charge in [-0.05, 0) is 12.5 Å². The van der Waals surface area contributed by atoms with Gasteiger partial charge in [0.05, 0.1) is 12.2 Å². The molecule has 0 aliphatic rings. The van der Waals surface area contributed by atoms with E-state index in [1.54, 1.807) is 0 Å². The lowest BCUT2D eigenvalue weighted by atomic mass is 10.2. The fraction of sp³-hybridized carbons (Fsp3) is 0.583. The number of halogens is 3. The van der Waals surface area contributed by atoms with Crippen LogP contribution in [0.3, 0.4) is 0 Å². The molecule has 0 amide bonds. The van der Waals surface area contributed by atoms with Crippen LogP contribution in [0.4, 0.5) is 13.2 Å². The van der Waals surface area contributed by atoms with Crippen molar-refractivity contribution in [3.8, 4) is 5.88 Å². The zero-order valence-electron chi connectivity index (χ0n) is 9.76. The third kappa shape index (κ3) is 5.06. The molecule has 0 radical (unpaired) electrons. The van der Waals surface area contributed by atoms with Crippen LogP contribution < -0.4 is 4.74 Å². The Morgan fingerprint density at radius 3 is 2.47 bits per heavy atom. The Labute approximate surface area is 98.8 Å². The van der Waals surface area contributed by atoms with E-state index in [0.717, 1.165) is 37.9 Å². The van der Waals surface area contributed by atoms with E-state index in [0.29, 0.717) is 6.61 Å². The van der Waals surface area contributed by atoms with Crippen LogP contribution in [0, 0.1) is 0 Å². The Hall–Kier alpha value is -1.26. The summed E-state index contributed by atoms with van der Waals surface area (Å²) in [5.74, 6) is 0.245. The van der Waals surface area contributed by atoms with Crippen LogP contribution in [-0.4, -0.2) is 11.6 Å². The molecule has 0 fully saturated rings. The van der Waals surface area contributed by atoms with Gasteiger partial charge < -0.3 is 4.74 Å². The molecule has 0 unspecified atom stereocenters. The maximum absolute atomic E-state index is 12.2. The molecule has 0 atom stereocenters. The summed E-state index contributed by atoms with van der Waals surface area (Å²) in [5, 5.41) is 0.